The lowest BCUT2D eigenvalue weighted by molar-refractivity contribution is -0.123. The number of likely N-dealkylation sites (N-methyl/N-ethyl adjacent to an activating group) is 1. The van der Waals surface area contributed by atoms with Crippen LogP contribution in [0.1, 0.15) is 19.8 Å². The number of carbonyl (C=O) groups is 1. The molecule has 0 spiro atoms. The van der Waals surface area contributed by atoms with E-state index < -0.39 is 0 Å². The molecule has 4 heteroatoms. The molecule has 1 N–H and O–H groups in total. The Kier molecular flexibility index (Phi) is 5.22. The number of aliphatic hydroxyl groups excluding tert-OH is 1. The van der Waals surface area contributed by atoms with Gasteiger partial charge in [-0.05, 0) is 26.8 Å². The van der Waals surface area contributed by atoms with Crippen LogP contribution in [0.5, 0.6) is 0 Å². The molecule has 2 unspecified atom stereocenters. The standard InChI is InChI=1S/C11H21NO3/c1-9(13)3-5-12(2)7-11(14)10-4-6-15-8-10/h9-10,13H,3-8H2,1-2H3. The highest BCUT2D eigenvalue weighted by Crippen LogP contribution is 2.13. The van der Waals surface area contributed by atoms with Gasteiger partial charge in [0.05, 0.1) is 19.3 Å². The van der Waals surface area contributed by atoms with E-state index in [1.165, 1.54) is 0 Å². The Morgan fingerprint density at radius 3 is 2.93 bits per heavy atom. The summed E-state index contributed by atoms with van der Waals surface area (Å²) in [6, 6.07) is 0. The summed E-state index contributed by atoms with van der Waals surface area (Å²) < 4.78 is 5.18. The molecule has 4 nitrogen and oxygen atoms in total. The summed E-state index contributed by atoms with van der Waals surface area (Å²) in [5, 5.41) is 9.12. The predicted octanol–water partition coefficient (Wildman–Crippen LogP) is 0.295. The van der Waals surface area contributed by atoms with E-state index in [0.29, 0.717) is 26.2 Å². The Hall–Kier alpha value is -0.450. The maximum atomic E-state index is 11.7. The van der Waals surface area contributed by atoms with Gasteiger partial charge in [0.15, 0.2) is 5.78 Å². The Morgan fingerprint density at radius 1 is 1.67 bits per heavy atom. The predicted molar refractivity (Wildman–Crippen MR) is 57.7 cm³/mol. The number of nitrogens with zero attached hydrogens (tertiary/aromatic N) is 1. The van der Waals surface area contributed by atoms with Crippen molar-refractivity contribution in [1.29, 1.82) is 0 Å². The minimum Gasteiger partial charge on any atom is -0.393 e. The molecule has 1 aliphatic heterocycles. The van der Waals surface area contributed by atoms with Crippen LogP contribution in [0.3, 0.4) is 0 Å². The van der Waals surface area contributed by atoms with Gasteiger partial charge in [-0.15, -0.1) is 0 Å². The molecule has 88 valence electrons. The fourth-order valence-electron chi connectivity index (χ4n) is 1.67. The lowest BCUT2D eigenvalue weighted by Gasteiger charge is -2.18. The van der Waals surface area contributed by atoms with Crippen LogP contribution in [-0.2, 0) is 9.53 Å². The number of ether oxygens (including phenoxy) is 1. The third-order valence-electron chi connectivity index (χ3n) is 2.74. The molecule has 0 radical (unpaired) electrons. The molecule has 0 saturated carbocycles. The highest BCUT2D eigenvalue weighted by Gasteiger charge is 2.23. The van der Waals surface area contributed by atoms with Crippen LogP contribution in [0, 0.1) is 5.92 Å². The maximum Gasteiger partial charge on any atom is 0.152 e. The molecular weight excluding hydrogens is 194 g/mol. The number of Topliss-reactive ketones (excluding diaryl/α,β-unsaturated/α-hetero) is 1. The minimum absolute atomic E-state index is 0.0963. The van der Waals surface area contributed by atoms with Gasteiger partial charge in [-0.2, -0.15) is 0 Å². The van der Waals surface area contributed by atoms with Gasteiger partial charge in [0.1, 0.15) is 0 Å². The molecule has 0 aromatic rings. The summed E-state index contributed by atoms with van der Waals surface area (Å²) in [5.41, 5.74) is 0. The van der Waals surface area contributed by atoms with Gasteiger partial charge >= 0.3 is 0 Å². The normalized spacial score (nSPS) is 23.3. The number of aliphatic hydroxyl groups is 1. The van der Waals surface area contributed by atoms with Crippen LogP contribution in [-0.4, -0.2) is 55.2 Å². The quantitative estimate of drug-likeness (QED) is 0.692. The van der Waals surface area contributed by atoms with Crippen molar-refractivity contribution in [3.05, 3.63) is 0 Å². The molecule has 0 bridgehead atoms. The van der Waals surface area contributed by atoms with Crippen LogP contribution >= 0.6 is 0 Å². The Bertz CT molecular complexity index is 200. The van der Waals surface area contributed by atoms with Crippen LogP contribution in [0.15, 0.2) is 0 Å². The maximum absolute atomic E-state index is 11.7. The molecule has 1 fully saturated rings. The summed E-state index contributed by atoms with van der Waals surface area (Å²) in [5.74, 6) is 0.361. The average molecular weight is 215 g/mol. The Labute approximate surface area is 91.2 Å². The van der Waals surface area contributed by atoms with Crippen molar-refractivity contribution in [1.82, 2.24) is 4.90 Å². The third-order valence-corrected chi connectivity index (χ3v) is 2.74. The molecule has 0 amide bonds. The zero-order valence-electron chi connectivity index (χ0n) is 9.61. The van der Waals surface area contributed by atoms with E-state index in [1.807, 2.05) is 11.9 Å². The van der Waals surface area contributed by atoms with Gasteiger partial charge in [-0.25, -0.2) is 0 Å². The molecule has 2 atom stereocenters. The SMILES string of the molecule is CC(O)CCN(C)CC(=O)C1CCOC1. The van der Waals surface area contributed by atoms with Gasteiger partial charge in [0.25, 0.3) is 0 Å². The van der Waals surface area contributed by atoms with Crippen LogP contribution in [0.25, 0.3) is 0 Å². The first kappa shape index (κ1) is 12.6. The number of rotatable bonds is 6. The van der Waals surface area contributed by atoms with Crippen molar-refractivity contribution >= 4 is 5.78 Å². The number of carbonyl (C=O) groups excluding carboxylic acids is 1. The lowest BCUT2D eigenvalue weighted by Crippen LogP contribution is -2.32. The summed E-state index contributed by atoms with van der Waals surface area (Å²) in [7, 11) is 1.91. The van der Waals surface area contributed by atoms with Gasteiger partial charge in [-0.3, -0.25) is 9.69 Å². The zero-order chi connectivity index (χ0) is 11.3. The number of hydrogen-bond acceptors (Lipinski definition) is 4. The molecule has 15 heavy (non-hydrogen) atoms. The molecule has 0 aliphatic carbocycles. The van der Waals surface area contributed by atoms with Crippen LogP contribution < -0.4 is 0 Å². The topological polar surface area (TPSA) is 49.8 Å². The summed E-state index contributed by atoms with van der Waals surface area (Å²) in [4.78, 5) is 13.7. The number of ketones is 1. The summed E-state index contributed by atoms with van der Waals surface area (Å²) in [6.45, 7) is 4.30. The first-order valence-electron chi connectivity index (χ1n) is 5.56. The lowest BCUT2D eigenvalue weighted by atomic mass is 10.0. The first-order chi connectivity index (χ1) is 7.09. The third kappa shape index (κ3) is 4.73. The molecule has 1 heterocycles. The van der Waals surface area contributed by atoms with Crippen LogP contribution in [0.2, 0.25) is 0 Å². The van der Waals surface area contributed by atoms with E-state index in [2.05, 4.69) is 0 Å². The largest absolute Gasteiger partial charge is 0.393 e. The van der Waals surface area contributed by atoms with E-state index in [1.54, 1.807) is 6.92 Å². The second kappa shape index (κ2) is 6.20. The van der Waals surface area contributed by atoms with Crippen molar-refractivity contribution in [3.8, 4) is 0 Å². The van der Waals surface area contributed by atoms with Gasteiger partial charge in [0, 0.05) is 19.1 Å². The fourth-order valence-corrected chi connectivity index (χ4v) is 1.67. The van der Waals surface area contributed by atoms with Gasteiger partial charge in [-0.1, -0.05) is 0 Å². The second-order valence-electron chi connectivity index (χ2n) is 4.40. The highest BCUT2D eigenvalue weighted by atomic mass is 16.5. The van der Waals surface area contributed by atoms with Crippen molar-refractivity contribution in [2.24, 2.45) is 5.92 Å². The molecule has 1 rings (SSSR count). The number of hydrogen-bond donors (Lipinski definition) is 1. The van der Waals surface area contributed by atoms with Crippen molar-refractivity contribution in [2.75, 3.05) is 33.4 Å². The fraction of sp³-hybridized carbons (Fsp3) is 0.909. The van der Waals surface area contributed by atoms with E-state index in [0.717, 1.165) is 13.0 Å². The van der Waals surface area contributed by atoms with E-state index in [4.69, 9.17) is 9.84 Å². The Balaban J connectivity index is 2.18. The van der Waals surface area contributed by atoms with Crippen molar-refractivity contribution in [3.63, 3.8) is 0 Å². The minimum atomic E-state index is -0.294. The van der Waals surface area contributed by atoms with Crippen molar-refractivity contribution in [2.45, 2.75) is 25.9 Å². The second-order valence-corrected chi connectivity index (χ2v) is 4.40. The zero-order valence-corrected chi connectivity index (χ0v) is 9.61. The first-order valence-corrected chi connectivity index (χ1v) is 5.56. The Morgan fingerprint density at radius 2 is 2.40 bits per heavy atom. The highest BCUT2D eigenvalue weighted by molar-refractivity contribution is 5.83. The van der Waals surface area contributed by atoms with Crippen LogP contribution in [0.4, 0.5) is 0 Å². The molecular formula is C11H21NO3. The molecule has 0 aromatic heterocycles. The molecule has 1 saturated heterocycles. The smallest absolute Gasteiger partial charge is 0.152 e. The van der Waals surface area contributed by atoms with E-state index >= 15 is 0 Å². The summed E-state index contributed by atoms with van der Waals surface area (Å²) in [6.07, 6.45) is 1.28. The van der Waals surface area contributed by atoms with E-state index in [-0.39, 0.29) is 17.8 Å². The van der Waals surface area contributed by atoms with Crippen molar-refractivity contribution < 1.29 is 14.6 Å². The van der Waals surface area contributed by atoms with Gasteiger partial charge in [0.2, 0.25) is 0 Å². The molecule has 1 aliphatic rings. The molecule has 0 aromatic carbocycles. The van der Waals surface area contributed by atoms with E-state index in [9.17, 15) is 4.79 Å². The average Bonchev–Trinajstić information content (AvgIpc) is 2.67. The monoisotopic (exact) mass is 215 g/mol. The van der Waals surface area contributed by atoms with Gasteiger partial charge < -0.3 is 9.84 Å². The summed E-state index contributed by atoms with van der Waals surface area (Å²) >= 11 is 0.